The molecule has 1 aliphatic heterocycles. The molecule has 22 heavy (non-hydrogen) atoms. The van der Waals surface area contributed by atoms with Crippen LogP contribution in [0.3, 0.4) is 0 Å². The Bertz CT molecular complexity index is 548. The average molecular weight is 307 g/mol. The van der Waals surface area contributed by atoms with Crippen LogP contribution in [-0.2, 0) is 4.79 Å². The van der Waals surface area contributed by atoms with E-state index in [1.165, 1.54) is 12.1 Å². The molecule has 5 heteroatoms. The van der Waals surface area contributed by atoms with E-state index in [0.29, 0.717) is 6.42 Å². The minimum absolute atomic E-state index is 0.00662. The zero-order valence-electron chi connectivity index (χ0n) is 12.7. The minimum atomic E-state index is -0.654. The third kappa shape index (κ3) is 2.88. The molecule has 120 valence electrons. The summed E-state index contributed by atoms with van der Waals surface area (Å²) in [5.41, 5.74) is 5.74. The second-order valence-corrected chi connectivity index (χ2v) is 6.79. The highest BCUT2D eigenvalue weighted by Crippen LogP contribution is 2.43. The first kappa shape index (κ1) is 15.4. The number of hydrogen-bond acceptors (Lipinski definition) is 2. The van der Waals surface area contributed by atoms with E-state index in [1.807, 2.05) is 0 Å². The molecule has 1 saturated carbocycles. The first-order valence-corrected chi connectivity index (χ1v) is 8.10. The number of likely N-dealkylation sites (tertiary alicyclic amines) is 1. The highest BCUT2D eigenvalue weighted by molar-refractivity contribution is 5.74. The molecule has 0 aromatic heterocycles. The summed E-state index contributed by atoms with van der Waals surface area (Å²) >= 11 is 0. The van der Waals surface area contributed by atoms with E-state index in [2.05, 4.69) is 0 Å². The third-order valence-corrected chi connectivity index (χ3v) is 5.42. The van der Waals surface area contributed by atoms with Crippen LogP contribution >= 0.6 is 0 Å². The Morgan fingerprint density at radius 3 is 2.73 bits per heavy atom. The molecule has 1 aliphatic carbocycles. The van der Waals surface area contributed by atoms with Gasteiger partial charge in [-0.05, 0) is 25.0 Å². The van der Waals surface area contributed by atoms with Crippen molar-refractivity contribution in [1.82, 2.24) is 0 Å². The highest BCUT2D eigenvalue weighted by Gasteiger charge is 2.51. The van der Waals surface area contributed by atoms with Gasteiger partial charge in [-0.1, -0.05) is 25.0 Å². The van der Waals surface area contributed by atoms with Crippen LogP contribution in [0.5, 0.6) is 0 Å². The predicted octanol–water partition coefficient (Wildman–Crippen LogP) is 0.562. The van der Waals surface area contributed by atoms with Crippen LogP contribution in [0.4, 0.5) is 4.39 Å². The van der Waals surface area contributed by atoms with E-state index in [9.17, 15) is 14.3 Å². The van der Waals surface area contributed by atoms with Crippen molar-refractivity contribution in [3.05, 3.63) is 35.6 Å². The molecule has 0 spiro atoms. The van der Waals surface area contributed by atoms with E-state index < -0.39 is 5.60 Å². The van der Waals surface area contributed by atoms with Gasteiger partial charge >= 0.3 is 0 Å². The Labute approximate surface area is 130 Å². The van der Waals surface area contributed by atoms with Gasteiger partial charge in [0.1, 0.15) is 11.9 Å². The summed E-state index contributed by atoms with van der Waals surface area (Å²) < 4.78 is 13.2. The van der Waals surface area contributed by atoms with Gasteiger partial charge in [0, 0.05) is 17.9 Å². The molecule has 1 amide bonds. The molecule has 0 bridgehead atoms. The lowest BCUT2D eigenvalue weighted by molar-refractivity contribution is -0.937. The smallest absolute Gasteiger partial charge is 0.272 e. The van der Waals surface area contributed by atoms with Crippen molar-refractivity contribution in [3.8, 4) is 0 Å². The van der Waals surface area contributed by atoms with Crippen LogP contribution in [0.2, 0.25) is 0 Å². The van der Waals surface area contributed by atoms with Crippen LogP contribution < -0.4 is 10.6 Å². The summed E-state index contributed by atoms with van der Waals surface area (Å²) in [5, 5.41) is 11.0. The molecule has 1 aromatic carbocycles. The average Bonchev–Trinajstić information content (AvgIpc) is 2.48. The lowest BCUT2D eigenvalue weighted by Gasteiger charge is -2.50. The Hall–Kier alpha value is -1.46. The molecule has 4 atom stereocenters. The van der Waals surface area contributed by atoms with E-state index in [0.717, 1.165) is 42.7 Å². The summed E-state index contributed by atoms with van der Waals surface area (Å²) in [7, 11) is 0. The fraction of sp³-hybridized carbons (Fsp3) is 0.588. The fourth-order valence-electron chi connectivity index (χ4n) is 4.41. The molecule has 4 N–H and O–H groups in total. The summed E-state index contributed by atoms with van der Waals surface area (Å²) in [4.78, 5) is 12.5. The van der Waals surface area contributed by atoms with Crippen LogP contribution in [0.1, 0.15) is 43.7 Å². The van der Waals surface area contributed by atoms with Crippen LogP contribution in [0, 0.1) is 11.7 Å². The number of hydrogen-bond donors (Lipinski definition) is 3. The van der Waals surface area contributed by atoms with Gasteiger partial charge in [0.2, 0.25) is 0 Å². The third-order valence-electron chi connectivity index (χ3n) is 5.42. The molecular formula is C17H24FN2O2+. The number of benzene rings is 1. The predicted molar refractivity (Wildman–Crippen MR) is 80.6 cm³/mol. The lowest BCUT2D eigenvalue weighted by Crippen LogP contribution is -3.16. The number of quaternary nitrogens is 1. The van der Waals surface area contributed by atoms with E-state index >= 15 is 0 Å². The molecule has 1 heterocycles. The van der Waals surface area contributed by atoms with Crippen molar-refractivity contribution < 1.29 is 19.2 Å². The highest BCUT2D eigenvalue weighted by atomic mass is 19.1. The Balaban J connectivity index is 1.96. The zero-order chi connectivity index (χ0) is 15.7. The number of nitrogens with one attached hydrogen (secondary N) is 1. The van der Waals surface area contributed by atoms with Gasteiger partial charge in [-0.15, -0.1) is 0 Å². The summed E-state index contributed by atoms with van der Waals surface area (Å²) in [6.45, 7) is 0.979. The maximum absolute atomic E-state index is 13.2. The zero-order valence-corrected chi connectivity index (χ0v) is 12.7. The van der Waals surface area contributed by atoms with Crippen molar-refractivity contribution in [2.75, 3.05) is 13.1 Å². The second kappa shape index (κ2) is 5.97. The number of amides is 1. The van der Waals surface area contributed by atoms with Crippen molar-refractivity contribution in [2.24, 2.45) is 11.7 Å². The van der Waals surface area contributed by atoms with Crippen LogP contribution in [0.25, 0.3) is 0 Å². The maximum Gasteiger partial charge on any atom is 0.272 e. The van der Waals surface area contributed by atoms with Crippen molar-refractivity contribution in [3.63, 3.8) is 0 Å². The quantitative estimate of drug-likeness (QED) is 0.764. The molecule has 0 radical (unpaired) electrons. The molecule has 4 nitrogen and oxygen atoms in total. The second-order valence-electron chi connectivity index (χ2n) is 6.79. The number of carbonyl (C=O) groups excluding carboxylic acids is 1. The molecule has 2 fully saturated rings. The molecule has 3 rings (SSSR count). The van der Waals surface area contributed by atoms with Gasteiger partial charge in [0.25, 0.3) is 5.91 Å². The van der Waals surface area contributed by atoms with Gasteiger partial charge in [0.15, 0.2) is 6.54 Å². The SMILES string of the molecule is NC(=O)C[NH+]1CC[C@@]2(O)CCCC[C@H]2[C@H]1c1ccc(F)cc1. The number of carbonyl (C=O) groups is 1. The van der Waals surface area contributed by atoms with Crippen LogP contribution in [0.15, 0.2) is 24.3 Å². The van der Waals surface area contributed by atoms with E-state index in [4.69, 9.17) is 5.73 Å². The van der Waals surface area contributed by atoms with Crippen LogP contribution in [-0.4, -0.2) is 29.7 Å². The van der Waals surface area contributed by atoms with Gasteiger partial charge in [0.05, 0.1) is 12.1 Å². The number of halogens is 1. The largest absolute Gasteiger partial charge is 0.389 e. The van der Waals surface area contributed by atoms with Gasteiger partial charge in [-0.2, -0.15) is 0 Å². The fourth-order valence-corrected chi connectivity index (χ4v) is 4.41. The minimum Gasteiger partial charge on any atom is -0.389 e. The number of rotatable bonds is 3. The van der Waals surface area contributed by atoms with Crippen molar-refractivity contribution >= 4 is 5.91 Å². The van der Waals surface area contributed by atoms with Gasteiger partial charge in [-0.3, -0.25) is 4.79 Å². The van der Waals surface area contributed by atoms with Crippen molar-refractivity contribution in [2.45, 2.75) is 43.7 Å². The number of primary amides is 1. The first-order chi connectivity index (χ1) is 10.5. The van der Waals surface area contributed by atoms with E-state index in [1.54, 1.807) is 12.1 Å². The number of piperidine rings is 1. The Morgan fingerprint density at radius 1 is 1.32 bits per heavy atom. The van der Waals surface area contributed by atoms with E-state index in [-0.39, 0.29) is 30.2 Å². The summed E-state index contributed by atoms with van der Waals surface area (Å²) in [6, 6.07) is 6.47. The molecular weight excluding hydrogens is 283 g/mol. The van der Waals surface area contributed by atoms with Gasteiger partial charge < -0.3 is 15.7 Å². The molecule has 2 aliphatic rings. The topological polar surface area (TPSA) is 67.8 Å². The normalized spacial score (nSPS) is 34.9. The number of aliphatic hydroxyl groups is 1. The molecule has 1 saturated heterocycles. The Morgan fingerprint density at radius 2 is 2.05 bits per heavy atom. The number of nitrogens with two attached hydrogens (primary N) is 1. The number of fused-ring (bicyclic) bond motifs is 1. The Kier molecular flexibility index (Phi) is 4.19. The first-order valence-electron chi connectivity index (χ1n) is 8.10. The monoisotopic (exact) mass is 307 g/mol. The molecule has 1 unspecified atom stereocenters. The maximum atomic E-state index is 13.2. The van der Waals surface area contributed by atoms with Gasteiger partial charge in [-0.25, -0.2) is 4.39 Å². The van der Waals surface area contributed by atoms with Crippen molar-refractivity contribution in [1.29, 1.82) is 0 Å². The lowest BCUT2D eigenvalue weighted by atomic mass is 9.66. The summed E-state index contributed by atoms with van der Waals surface area (Å²) in [5.74, 6) is -0.493. The standard InChI is InChI=1S/C17H23FN2O2/c18-13-6-4-12(5-7-13)16-14-3-1-2-8-17(14,22)9-10-20(16)11-15(19)21/h4-7,14,16,22H,1-3,8-11H2,(H2,19,21)/p+1/t14-,16+,17-/m0/s1. The summed E-state index contributed by atoms with van der Waals surface area (Å²) in [6.07, 6.45) is 4.61. The molecule has 1 aromatic rings.